The van der Waals surface area contributed by atoms with E-state index in [-0.39, 0.29) is 5.69 Å². The van der Waals surface area contributed by atoms with Crippen molar-refractivity contribution in [2.75, 3.05) is 11.9 Å². The molecule has 31 heavy (non-hydrogen) atoms. The largest absolute Gasteiger partial charge is 0.452 e. The normalized spacial score (nSPS) is 10.6. The minimum absolute atomic E-state index is 0.0380. The third kappa shape index (κ3) is 6.64. The number of nitrogens with zero attached hydrogens (tertiary/aromatic N) is 1. The Bertz CT molecular complexity index is 1090. The molecule has 1 amide bonds. The second-order valence-corrected chi connectivity index (χ2v) is 6.66. The number of rotatable bonds is 8. The molecular weight excluding hydrogens is 396 g/mol. The maximum Gasteiger partial charge on any atom is 0.331 e. The number of para-hydroxylation sites is 1. The predicted octanol–water partition coefficient (Wildman–Crippen LogP) is 4.38. The molecule has 7 nitrogen and oxygen atoms in total. The number of anilines is 1. The van der Waals surface area contributed by atoms with Crippen LogP contribution in [0, 0.1) is 10.1 Å². The van der Waals surface area contributed by atoms with Crippen molar-refractivity contribution in [3.8, 4) is 0 Å². The van der Waals surface area contributed by atoms with Gasteiger partial charge in [0.15, 0.2) is 6.61 Å². The van der Waals surface area contributed by atoms with Crippen LogP contribution in [-0.4, -0.2) is 23.4 Å². The summed E-state index contributed by atoms with van der Waals surface area (Å²) in [6.07, 6.45) is 3.28. The highest BCUT2D eigenvalue weighted by Crippen LogP contribution is 2.19. The minimum atomic E-state index is -0.689. The van der Waals surface area contributed by atoms with Gasteiger partial charge in [-0.25, -0.2) is 4.79 Å². The molecule has 156 valence electrons. The summed E-state index contributed by atoms with van der Waals surface area (Å²) < 4.78 is 4.97. The first kappa shape index (κ1) is 21.4. The van der Waals surface area contributed by atoms with Crippen LogP contribution in [0.2, 0.25) is 0 Å². The average molecular weight is 416 g/mol. The monoisotopic (exact) mass is 416 g/mol. The number of carbonyl (C=O) groups is 2. The molecule has 0 aliphatic carbocycles. The Morgan fingerprint density at radius 1 is 0.935 bits per heavy atom. The first-order valence-electron chi connectivity index (χ1n) is 9.52. The molecule has 0 radical (unpaired) electrons. The van der Waals surface area contributed by atoms with Crippen molar-refractivity contribution in [2.45, 2.75) is 6.42 Å². The summed E-state index contributed by atoms with van der Waals surface area (Å²) >= 11 is 0. The van der Waals surface area contributed by atoms with Crippen molar-refractivity contribution >= 4 is 29.3 Å². The van der Waals surface area contributed by atoms with E-state index in [9.17, 15) is 19.7 Å². The van der Waals surface area contributed by atoms with Crippen molar-refractivity contribution < 1.29 is 19.2 Å². The SMILES string of the molecule is O=C(COC(=O)/C=C/c1ccc([N+](=O)[O-])cc1)Nc1ccccc1Cc1ccccc1. The van der Waals surface area contributed by atoms with E-state index in [1.54, 1.807) is 6.07 Å². The van der Waals surface area contributed by atoms with Crippen molar-refractivity contribution in [1.82, 2.24) is 0 Å². The topological polar surface area (TPSA) is 98.5 Å². The lowest BCUT2D eigenvalue weighted by Gasteiger charge is -2.11. The molecule has 0 spiro atoms. The number of esters is 1. The minimum Gasteiger partial charge on any atom is -0.452 e. The zero-order valence-corrected chi connectivity index (χ0v) is 16.6. The number of non-ortho nitro benzene ring substituents is 1. The predicted molar refractivity (Wildman–Crippen MR) is 117 cm³/mol. The van der Waals surface area contributed by atoms with Crippen LogP contribution >= 0.6 is 0 Å². The molecule has 0 heterocycles. The molecule has 0 aromatic heterocycles. The summed E-state index contributed by atoms with van der Waals surface area (Å²) in [4.78, 5) is 34.2. The van der Waals surface area contributed by atoms with Crippen LogP contribution in [0.4, 0.5) is 11.4 Å². The molecule has 0 aliphatic rings. The Labute approximate surface area is 179 Å². The first-order chi connectivity index (χ1) is 15.0. The lowest BCUT2D eigenvalue weighted by molar-refractivity contribution is -0.384. The van der Waals surface area contributed by atoms with Gasteiger partial charge in [0.25, 0.3) is 11.6 Å². The highest BCUT2D eigenvalue weighted by Gasteiger charge is 2.09. The summed E-state index contributed by atoms with van der Waals surface area (Å²) in [5.74, 6) is -1.14. The molecule has 3 aromatic carbocycles. The van der Waals surface area contributed by atoms with Gasteiger partial charge in [-0.15, -0.1) is 0 Å². The molecule has 3 aromatic rings. The smallest absolute Gasteiger partial charge is 0.331 e. The van der Waals surface area contributed by atoms with Gasteiger partial charge in [-0.2, -0.15) is 0 Å². The van der Waals surface area contributed by atoms with E-state index in [0.29, 0.717) is 17.7 Å². The molecule has 0 fully saturated rings. The molecule has 0 atom stereocenters. The lowest BCUT2D eigenvalue weighted by atomic mass is 10.0. The number of carbonyl (C=O) groups excluding carboxylic acids is 2. The highest BCUT2D eigenvalue weighted by atomic mass is 16.6. The Kier molecular flexibility index (Phi) is 7.26. The van der Waals surface area contributed by atoms with Gasteiger partial charge in [-0.1, -0.05) is 48.5 Å². The number of amides is 1. The lowest BCUT2D eigenvalue weighted by Crippen LogP contribution is -2.20. The van der Waals surface area contributed by atoms with Crippen LogP contribution in [-0.2, 0) is 20.7 Å². The molecule has 3 rings (SSSR count). The van der Waals surface area contributed by atoms with E-state index < -0.39 is 23.4 Å². The highest BCUT2D eigenvalue weighted by molar-refractivity contribution is 5.95. The maximum absolute atomic E-state index is 12.2. The quantitative estimate of drug-likeness (QED) is 0.254. The fourth-order valence-electron chi connectivity index (χ4n) is 2.85. The summed E-state index contributed by atoms with van der Waals surface area (Å²) in [5.41, 5.74) is 3.29. The summed E-state index contributed by atoms with van der Waals surface area (Å²) in [6, 6.07) is 23.0. The number of ether oxygens (including phenoxy) is 1. The van der Waals surface area contributed by atoms with Gasteiger partial charge in [-0.05, 0) is 47.4 Å². The van der Waals surface area contributed by atoms with Crippen LogP contribution < -0.4 is 5.32 Å². The molecule has 0 saturated heterocycles. The van der Waals surface area contributed by atoms with Gasteiger partial charge >= 0.3 is 5.97 Å². The third-order valence-electron chi connectivity index (χ3n) is 4.39. The Morgan fingerprint density at radius 3 is 2.32 bits per heavy atom. The van der Waals surface area contributed by atoms with Crippen molar-refractivity contribution in [3.05, 3.63) is 112 Å². The number of hydrogen-bond acceptors (Lipinski definition) is 5. The van der Waals surface area contributed by atoms with Crippen LogP contribution in [0.25, 0.3) is 6.08 Å². The van der Waals surface area contributed by atoms with Crippen LogP contribution in [0.1, 0.15) is 16.7 Å². The van der Waals surface area contributed by atoms with Gasteiger partial charge in [-0.3, -0.25) is 14.9 Å². The molecule has 0 bridgehead atoms. The van der Waals surface area contributed by atoms with Crippen molar-refractivity contribution in [2.24, 2.45) is 0 Å². The number of nitro benzene ring substituents is 1. The number of benzene rings is 3. The van der Waals surface area contributed by atoms with E-state index in [2.05, 4.69) is 5.32 Å². The van der Waals surface area contributed by atoms with Crippen LogP contribution in [0.15, 0.2) is 84.9 Å². The molecule has 0 unspecified atom stereocenters. The third-order valence-corrected chi connectivity index (χ3v) is 4.39. The van der Waals surface area contributed by atoms with E-state index in [1.165, 1.54) is 30.3 Å². The molecule has 1 N–H and O–H groups in total. The summed E-state index contributed by atoms with van der Waals surface area (Å²) in [7, 11) is 0. The number of nitrogens with one attached hydrogen (secondary N) is 1. The molecule has 0 saturated carbocycles. The second-order valence-electron chi connectivity index (χ2n) is 6.66. The summed E-state index contributed by atoms with van der Waals surface area (Å²) in [6.45, 7) is -0.427. The van der Waals surface area contributed by atoms with E-state index in [0.717, 1.165) is 17.2 Å². The zero-order chi connectivity index (χ0) is 22.1. The maximum atomic E-state index is 12.2. The fraction of sp³-hybridized carbons (Fsp3) is 0.0833. The Balaban J connectivity index is 1.52. The van der Waals surface area contributed by atoms with E-state index in [4.69, 9.17) is 4.74 Å². The van der Waals surface area contributed by atoms with Gasteiger partial charge in [0.05, 0.1) is 4.92 Å². The number of hydrogen-bond donors (Lipinski definition) is 1. The second kappa shape index (κ2) is 10.5. The van der Waals surface area contributed by atoms with Gasteiger partial charge in [0, 0.05) is 23.9 Å². The Morgan fingerprint density at radius 2 is 1.61 bits per heavy atom. The van der Waals surface area contributed by atoms with Crippen LogP contribution in [0.5, 0.6) is 0 Å². The zero-order valence-electron chi connectivity index (χ0n) is 16.6. The van der Waals surface area contributed by atoms with E-state index in [1.807, 2.05) is 48.5 Å². The van der Waals surface area contributed by atoms with Crippen LogP contribution in [0.3, 0.4) is 0 Å². The molecule has 7 heteroatoms. The summed E-state index contributed by atoms with van der Waals surface area (Å²) in [5, 5.41) is 13.4. The fourth-order valence-corrected chi connectivity index (χ4v) is 2.85. The first-order valence-corrected chi connectivity index (χ1v) is 9.52. The van der Waals surface area contributed by atoms with Gasteiger partial charge in [0.2, 0.25) is 0 Å². The van der Waals surface area contributed by atoms with Crippen molar-refractivity contribution in [3.63, 3.8) is 0 Å². The molecule has 0 aliphatic heterocycles. The average Bonchev–Trinajstić information content (AvgIpc) is 2.78. The van der Waals surface area contributed by atoms with Crippen molar-refractivity contribution in [1.29, 1.82) is 0 Å². The standard InChI is InChI=1S/C24H20N2O5/c27-23(17-31-24(28)15-12-18-10-13-21(14-11-18)26(29)30)25-22-9-5-4-8-20(22)16-19-6-2-1-3-7-19/h1-15H,16-17H2,(H,25,27)/b15-12+. The molecular formula is C24H20N2O5. The number of nitro groups is 1. The Hall–Kier alpha value is -4.26. The van der Waals surface area contributed by atoms with Gasteiger partial charge in [0.1, 0.15) is 0 Å². The van der Waals surface area contributed by atoms with Gasteiger partial charge < -0.3 is 10.1 Å². The van der Waals surface area contributed by atoms with E-state index >= 15 is 0 Å².